The van der Waals surface area contributed by atoms with Crippen molar-refractivity contribution < 1.29 is 0 Å². The maximum absolute atomic E-state index is 5.67. The first-order valence-corrected chi connectivity index (χ1v) is 5.65. The van der Waals surface area contributed by atoms with Gasteiger partial charge in [0.2, 0.25) is 5.95 Å². The first kappa shape index (κ1) is 11.6. The molecule has 0 aliphatic carbocycles. The molecule has 0 fully saturated rings. The summed E-state index contributed by atoms with van der Waals surface area (Å²) in [6, 6.07) is 8.37. The summed E-state index contributed by atoms with van der Waals surface area (Å²) in [4.78, 5) is 0. The maximum atomic E-state index is 5.67. The fraction of sp³-hybridized carbons (Fsp3) is 0.385. The number of nitrogen functional groups attached to an aromatic ring is 1. The van der Waals surface area contributed by atoms with Crippen LogP contribution in [0, 0.1) is 0 Å². The number of rotatable bonds is 1. The lowest BCUT2D eigenvalue weighted by atomic mass is 9.87. The van der Waals surface area contributed by atoms with E-state index in [0.29, 0.717) is 5.95 Å². The van der Waals surface area contributed by atoms with Crippen molar-refractivity contribution >= 4 is 5.95 Å². The highest BCUT2D eigenvalue weighted by molar-refractivity contribution is 5.57. The molecule has 2 aromatic rings. The average Bonchev–Trinajstić information content (AvgIpc) is 2.59. The number of hydrogen-bond acceptors (Lipinski definition) is 3. The number of nitrogens with zero attached hydrogens (tertiary/aromatic N) is 3. The molecule has 0 saturated heterocycles. The van der Waals surface area contributed by atoms with Gasteiger partial charge < -0.3 is 5.73 Å². The number of nitrogens with two attached hydrogens (primary N) is 1. The van der Waals surface area contributed by atoms with Crippen molar-refractivity contribution in [2.75, 3.05) is 5.73 Å². The Morgan fingerprint density at radius 1 is 1.06 bits per heavy atom. The minimum absolute atomic E-state index is 0.164. The van der Waals surface area contributed by atoms with Gasteiger partial charge in [0.1, 0.15) is 0 Å². The van der Waals surface area contributed by atoms with Gasteiger partial charge in [-0.1, -0.05) is 45.0 Å². The van der Waals surface area contributed by atoms with Gasteiger partial charge in [-0.25, -0.2) is 0 Å². The molecule has 0 amide bonds. The molecule has 0 saturated carbocycles. The van der Waals surface area contributed by atoms with Gasteiger partial charge in [-0.3, -0.25) is 4.57 Å². The average molecular weight is 230 g/mol. The SMILES string of the molecule is Cn1c(N)nnc1-c1ccc(C(C)(C)C)cc1. The van der Waals surface area contributed by atoms with Crippen LogP contribution in [0.3, 0.4) is 0 Å². The zero-order chi connectivity index (χ0) is 12.6. The predicted octanol–water partition coefficient (Wildman–Crippen LogP) is 2.36. The van der Waals surface area contributed by atoms with Gasteiger partial charge in [-0.15, -0.1) is 10.2 Å². The molecule has 90 valence electrons. The van der Waals surface area contributed by atoms with Gasteiger partial charge in [-0.05, 0) is 11.0 Å². The lowest BCUT2D eigenvalue weighted by molar-refractivity contribution is 0.590. The van der Waals surface area contributed by atoms with E-state index in [1.807, 2.05) is 7.05 Å². The topological polar surface area (TPSA) is 56.7 Å². The molecular formula is C13H18N4. The van der Waals surface area contributed by atoms with Gasteiger partial charge in [0.25, 0.3) is 0 Å². The summed E-state index contributed by atoms with van der Waals surface area (Å²) in [5.41, 5.74) is 8.16. The van der Waals surface area contributed by atoms with Crippen LogP contribution >= 0.6 is 0 Å². The van der Waals surface area contributed by atoms with E-state index in [-0.39, 0.29) is 5.41 Å². The minimum Gasteiger partial charge on any atom is -0.368 e. The van der Waals surface area contributed by atoms with Gasteiger partial charge in [0.05, 0.1) is 0 Å². The number of benzene rings is 1. The zero-order valence-electron chi connectivity index (χ0n) is 10.7. The summed E-state index contributed by atoms with van der Waals surface area (Å²) < 4.78 is 1.78. The molecule has 1 aromatic carbocycles. The van der Waals surface area contributed by atoms with Crippen LogP contribution in [0.5, 0.6) is 0 Å². The number of aromatic nitrogens is 3. The summed E-state index contributed by atoms with van der Waals surface area (Å²) in [6.07, 6.45) is 0. The Balaban J connectivity index is 2.40. The molecule has 2 rings (SSSR count). The van der Waals surface area contributed by atoms with Crippen molar-refractivity contribution in [1.82, 2.24) is 14.8 Å². The Labute approximate surface area is 101 Å². The molecule has 1 heterocycles. The van der Waals surface area contributed by atoms with Crippen LogP contribution in [0.25, 0.3) is 11.4 Å². The van der Waals surface area contributed by atoms with E-state index in [1.54, 1.807) is 4.57 Å². The third-order valence-electron chi connectivity index (χ3n) is 2.92. The third-order valence-corrected chi connectivity index (χ3v) is 2.92. The molecule has 4 heteroatoms. The highest BCUT2D eigenvalue weighted by Gasteiger charge is 2.14. The highest BCUT2D eigenvalue weighted by atomic mass is 15.3. The summed E-state index contributed by atoms with van der Waals surface area (Å²) in [6.45, 7) is 6.59. The predicted molar refractivity (Wildman–Crippen MR) is 69.6 cm³/mol. The van der Waals surface area contributed by atoms with Crippen LogP contribution < -0.4 is 5.73 Å². The molecule has 0 unspecified atom stereocenters. The molecule has 17 heavy (non-hydrogen) atoms. The van der Waals surface area contributed by atoms with Crippen molar-refractivity contribution in [3.05, 3.63) is 29.8 Å². The molecule has 1 aromatic heterocycles. The largest absolute Gasteiger partial charge is 0.368 e. The smallest absolute Gasteiger partial charge is 0.222 e. The zero-order valence-corrected chi connectivity index (χ0v) is 10.7. The normalized spacial score (nSPS) is 11.8. The van der Waals surface area contributed by atoms with Crippen molar-refractivity contribution in [2.24, 2.45) is 7.05 Å². The van der Waals surface area contributed by atoms with E-state index < -0.39 is 0 Å². The van der Waals surface area contributed by atoms with E-state index in [0.717, 1.165) is 11.4 Å². The Hall–Kier alpha value is -1.84. The Kier molecular flexibility index (Phi) is 2.65. The van der Waals surface area contributed by atoms with E-state index in [1.165, 1.54) is 5.56 Å². The Morgan fingerprint density at radius 3 is 2.06 bits per heavy atom. The monoisotopic (exact) mass is 230 g/mol. The van der Waals surface area contributed by atoms with Gasteiger partial charge in [0, 0.05) is 12.6 Å². The first-order valence-electron chi connectivity index (χ1n) is 5.65. The van der Waals surface area contributed by atoms with Crippen LogP contribution in [0.1, 0.15) is 26.3 Å². The third kappa shape index (κ3) is 2.16. The summed E-state index contributed by atoms with van der Waals surface area (Å²) in [7, 11) is 1.86. The van der Waals surface area contributed by atoms with Gasteiger partial charge >= 0.3 is 0 Å². The van der Waals surface area contributed by atoms with E-state index >= 15 is 0 Å². The standard InChI is InChI=1S/C13H18N4/c1-13(2,3)10-7-5-9(6-8-10)11-15-16-12(14)17(11)4/h5-8H,1-4H3,(H2,14,16). The van der Waals surface area contributed by atoms with Crippen LogP contribution in [0.15, 0.2) is 24.3 Å². The number of hydrogen-bond donors (Lipinski definition) is 1. The maximum Gasteiger partial charge on any atom is 0.222 e. The summed E-state index contributed by atoms with van der Waals surface area (Å²) >= 11 is 0. The molecule has 2 N–H and O–H groups in total. The van der Waals surface area contributed by atoms with Crippen LogP contribution in [0.2, 0.25) is 0 Å². The molecule has 0 bridgehead atoms. The van der Waals surface area contributed by atoms with Crippen LogP contribution in [-0.2, 0) is 12.5 Å². The van der Waals surface area contributed by atoms with Crippen molar-refractivity contribution in [2.45, 2.75) is 26.2 Å². The highest BCUT2D eigenvalue weighted by Crippen LogP contribution is 2.25. The second-order valence-corrected chi connectivity index (χ2v) is 5.27. The van der Waals surface area contributed by atoms with Crippen molar-refractivity contribution in [3.63, 3.8) is 0 Å². The van der Waals surface area contributed by atoms with Crippen molar-refractivity contribution in [1.29, 1.82) is 0 Å². The molecule has 0 radical (unpaired) electrons. The minimum atomic E-state index is 0.164. The van der Waals surface area contributed by atoms with Crippen LogP contribution in [-0.4, -0.2) is 14.8 Å². The molecular weight excluding hydrogens is 212 g/mol. The quantitative estimate of drug-likeness (QED) is 0.818. The Bertz CT molecular complexity index is 517. The lowest BCUT2D eigenvalue weighted by Gasteiger charge is -2.19. The molecule has 0 atom stereocenters. The molecule has 0 aliphatic rings. The fourth-order valence-electron chi connectivity index (χ4n) is 1.71. The van der Waals surface area contributed by atoms with Crippen molar-refractivity contribution in [3.8, 4) is 11.4 Å². The lowest BCUT2D eigenvalue weighted by Crippen LogP contribution is -2.10. The fourth-order valence-corrected chi connectivity index (χ4v) is 1.71. The molecule has 0 spiro atoms. The number of anilines is 1. The summed E-state index contributed by atoms with van der Waals surface area (Å²) in [5.74, 6) is 1.22. The first-order chi connectivity index (χ1) is 7.89. The Morgan fingerprint density at radius 2 is 1.65 bits per heavy atom. The van der Waals surface area contributed by atoms with E-state index in [2.05, 4.69) is 55.2 Å². The van der Waals surface area contributed by atoms with Gasteiger partial charge in [0.15, 0.2) is 5.82 Å². The van der Waals surface area contributed by atoms with Crippen LogP contribution in [0.4, 0.5) is 5.95 Å². The van der Waals surface area contributed by atoms with Gasteiger partial charge in [-0.2, -0.15) is 0 Å². The molecule has 4 nitrogen and oxygen atoms in total. The van der Waals surface area contributed by atoms with E-state index in [4.69, 9.17) is 5.73 Å². The van der Waals surface area contributed by atoms with E-state index in [9.17, 15) is 0 Å². The molecule has 0 aliphatic heterocycles. The second kappa shape index (κ2) is 3.87. The second-order valence-electron chi connectivity index (χ2n) is 5.27. The summed E-state index contributed by atoms with van der Waals surface area (Å²) in [5, 5.41) is 7.92.